The molecule has 11 nitrogen and oxygen atoms in total. The van der Waals surface area contributed by atoms with Crippen molar-refractivity contribution in [3.05, 3.63) is 40.7 Å². The molecule has 2 amide bonds. The lowest BCUT2D eigenvalue weighted by Crippen LogP contribution is -2.50. The Kier molecular flexibility index (Phi) is 6.62. The number of urea groups is 1. The summed E-state index contributed by atoms with van der Waals surface area (Å²) < 4.78 is 0. The quantitative estimate of drug-likeness (QED) is 0.493. The second-order valence-corrected chi connectivity index (χ2v) is 8.67. The van der Waals surface area contributed by atoms with Gasteiger partial charge in [-0.25, -0.2) is 19.7 Å². The molecule has 4 heterocycles. The molecule has 0 radical (unpaired) electrons. The van der Waals surface area contributed by atoms with Crippen LogP contribution < -0.4 is 16.8 Å². The van der Waals surface area contributed by atoms with E-state index in [4.69, 9.17) is 11.5 Å². The fourth-order valence-electron chi connectivity index (χ4n) is 3.67. The number of amides is 2. The number of nitrogens with two attached hydrogens (primary N) is 2. The minimum Gasteiger partial charge on any atom is -0.375 e. The number of carbonyl (C=O) groups excluding carboxylic acids is 1. The molecule has 0 spiro atoms. The number of rotatable bonds is 6. The first kappa shape index (κ1) is 22.4. The number of nitrogen functional groups attached to an aromatic ring is 1. The van der Waals surface area contributed by atoms with Crippen LogP contribution in [0.1, 0.15) is 16.3 Å². The zero-order chi connectivity index (χ0) is 23.4. The molecule has 0 bridgehead atoms. The maximum Gasteiger partial charge on any atom is 0.314 e. The number of nitrogens with one attached hydrogen (secondary N) is 1. The van der Waals surface area contributed by atoms with Crippen LogP contribution in [0, 0.1) is 18.3 Å². The van der Waals surface area contributed by atoms with Crippen LogP contribution in [0.5, 0.6) is 0 Å². The molecule has 33 heavy (non-hydrogen) atoms. The number of hydrogen-bond donors (Lipinski definition) is 3. The van der Waals surface area contributed by atoms with Gasteiger partial charge < -0.3 is 21.7 Å². The summed E-state index contributed by atoms with van der Waals surface area (Å²) in [6, 6.07) is 7.34. The van der Waals surface area contributed by atoms with Crippen LogP contribution in [0.3, 0.4) is 0 Å². The maximum atomic E-state index is 11.3. The van der Waals surface area contributed by atoms with Gasteiger partial charge in [0.05, 0.1) is 5.69 Å². The van der Waals surface area contributed by atoms with Crippen LogP contribution >= 0.6 is 11.3 Å². The van der Waals surface area contributed by atoms with Crippen molar-refractivity contribution in [1.82, 2.24) is 29.7 Å². The maximum absolute atomic E-state index is 11.3. The summed E-state index contributed by atoms with van der Waals surface area (Å²) in [6.45, 7) is 5.68. The van der Waals surface area contributed by atoms with Gasteiger partial charge in [0.15, 0.2) is 5.13 Å². The summed E-state index contributed by atoms with van der Waals surface area (Å²) in [7, 11) is 0. The number of hydrogen-bond acceptors (Lipinski definition) is 10. The number of aromatic nitrogens is 4. The summed E-state index contributed by atoms with van der Waals surface area (Å²) in [6.07, 6.45) is 2.39. The zero-order valence-corrected chi connectivity index (χ0v) is 19.0. The molecule has 4 rings (SSSR count). The van der Waals surface area contributed by atoms with Crippen molar-refractivity contribution in [3.63, 3.8) is 0 Å². The van der Waals surface area contributed by atoms with Crippen LogP contribution in [0.15, 0.2) is 24.4 Å². The second kappa shape index (κ2) is 9.76. The fraction of sp³-hybridized carbons (Fsp3) is 0.333. The minimum atomic E-state index is -0.362. The predicted octanol–water partition coefficient (Wildman–Crippen LogP) is 1.74. The van der Waals surface area contributed by atoms with E-state index in [1.165, 1.54) is 0 Å². The molecule has 3 aromatic rings. The van der Waals surface area contributed by atoms with Gasteiger partial charge in [0.1, 0.15) is 16.6 Å². The van der Waals surface area contributed by atoms with Crippen molar-refractivity contribution in [2.24, 2.45) is 5.73 Å². The lowest BCUT2D eigenvalue weighted by molar-refractivity contribution is 0.145. The highest BCUT2D eigenvalue weighted by atomic mass is 32.1. The van der Waals surface area contributed by atoms with E-state index < -0.39 is 0 Å². The zero-order valence-electron chi connectivity index (χ0n) is 18.2. The van der Waals surface area contributed by atoms with Crippen molar-refractivity contribution < 1.29 is 4.79 Å². The molecule has 0 aliphatic carbocycles. The van der Waals surface area contributed by atoms with Crippen LogP contribution in [-0.4, -0.2) is 68.5 Å². The highest BCUT2D eigenvalue weighted by molar-refractivity contribution is 7.16. The normalized spacial score (nSPS) is 14.1. The molecule has 1 fully saturated rings. The Morgan fingerprint density at radius 3 is 2.76 bits per heavy atom. The van der Waals surface area contributed by atoms with Crippen LogP contribution in [-0.2, 0) is 6.42 Å². The molecule has 1 aliphatic heterocycles. The number of piperazine rings is 1. The smallest absolute Gasteiger partial charge is 0.314 e. The Hall–Kier alpha value is -3.82. The number of aryl methyl sites for hydroxylation is 1. The number of primary amides is 1. The van der Waals surface area contributed by atoms with Gasteiger partial charge in [-0.3, -0.25) is 9.88 Å². The van der Waals surface area contributed by atoms with Gasteiger partial charge in [-0.2, -0.15) is 5.26 Å². The Balaban J connectivity index is 1.43. The number of carbonyl (C=O) groups is 1. The SMILES string of the molecule is Cc1cc(Nc2nccc(-c3nc(N)sc3C#N)n2)cc(CCN2CCN(C(N)=O)CC2)n1. The second-order valence-electron chi connectivity index (χ2n) is 7.64. The minimum absolute atomic E-state index is 0.320. The van der Waals surface area contributed by atoms with E-state index in [9.17, 15) is 10.1 Å². The third-order valence-electron chi connectivity index (χ3n) is 5.27. The van der Waals surface area contributed by atoms with Crippen molar-refractivity contribution in [3.8, 4) is 17.5 Å². The lowest BCUT2D eigenvalue weighted by atomic mass is 10.2. The number of thiazole rings is 1. The number of nitriles is 1. The van der Waals surface area contributed by atoms with E-state index in [0.717, 1.165) is 54.5 Å². The van der Waals surface area contributed by atoms with Gasteiger partial charge in [-0.1, -0.05) is 11.3 Å². The first-order valence-electron chi connectivity index (χ1n) is 10.4. The molecule has 0 unspecified atom stereocenters. The third kappa shape index (κ3) is 5.51. The molecule has 12 heteroatoms. The van der Waals surface area contributed by atoms with Crippen LogP contribution in [0.25, 0.3) is 11.4 Å². The Morgan fingerprint density at radius 2 is 2.03 bits per heavy atom. The predicted molar refractivity (Wildman–Crippen MR) is 126 cm³/mol. The first-order chi connectivity index (χ1) is 15.9. The standard InChI is InChI=1S/C21H24N10OS/c1-13-10-15(11-14(26-13)3-5-30-6-8-31(9-7-30)20(24)32)27-21-25-4-2-16(28-21)18-17(12-22)33-19(23)29-18/h2,4,10-11H,3,5-9H2,1H3,(H2,23,29)(H2,24,32)(H,25,26,27,28). The topological polar surface area (TPSA) is 163 Å². The van der Waals surface area contributed by atoms with Gasteiger partial charge in [0.25, 0.3) is 0 Å². The summed E-state index contributed by atoms with van der Waals surface area (Å²) in [5, 5.41) is 12.9. The molecule has 3 aromatic heterocycles. The van der Waals surface area contributed by atoms with Gasteiger partial charge in [0.2, 0.25) is 5.95 Å². The molecular formula is C21H24N10OS. The van der Waals surface area contributed by atoms with Crippen LogP contribution in [0.2, 0.25) is 0 Å². The summed E-state index contributed by atoms with van der Waals surface area (Å²) in [5.41, 5.74) is 14.7. The lowest BCUT2D eigenvalue weighted by Gasteiger charge is -2.33. The molecule has 170 valence electrons. The Morgan fingerprint density at radius 1 is 1.24 bits per heavy atom. The van der Waals surface area contributed by atoms with E-state index in [2.05, 4.69) is 36.2 Å². The van der Waals surface area contributed by atoms with Gasteiger partial charge in [-0.15, -0.1) is 0 Å². The van der Waals surface area contributed by atoms with Gasteiger partial charge in [0, 0.05) is 62.4 Å². The van der Waals surface area contributed by atoms with E-state index in [-0.39, 0.29) is 6.03 Å². The van der Waals surface area contributed by atoms with Crippen molar-refractivity contribution in [2.75, 3.05) is 43.8 Å². The number of pyridine rings is 1. The number of nitrogens with zero attached hydrogens (tertiary/aromatic N) is 7. The first-order valence-corrected chi connectivity index (χ1v) is 11.2. The van der Waals surface area contributed by atoms with E-state index in [0.29, 0.717) is 40.4 Å². The Labute approximate surface area is 195 Å². The van der Waals surface area contributed by atoms with E-state index in [1.807, 2.05) is 19.1 Å². The summed E-state index contributed by atoms with van der Waals surface area (Å²) in [4.78, 5) is 33.3. The monoisotopic (exact) mass is 464 g/mol. The van der Waals surface area contributed by atoms with E-state index >= 15 is 0 Å². The van der Waals surface area contributed by atoms with Crippen molar-refractivity contribution in [2.45, 2.75) is 13.3 Å². The summed E-state index contributed by atoms with van der Waals surface area (Å²) >= 11 is 1.13. The molecule has 1 aliphatic rings. The molecule has 0 atom stereocenters. The van der Waals surface area contributed by atoms with Gasteiger partial charge >= 0.3 is 6.03 Å². The molecule has 0 aromatic carbocycles. The fourth-order valence-corrected chi connectivity index (χ4v) is 4.31. The average molecular weight is 465 g/mol. The number of anilines is 3. The molecule has 5 N–H and O–H groups in total. The van der Waals surface area contributed by atoms with E-state index in [1.54, 1.807) is 17.2 Å². The highest BCUT2D eigenvalue weighted by Crippen LogP contribution is 2.28. The Bertz CT molecular complexity index is 1200. The van der Waals surface area contributed by atoms with Crippen molar-refractivity contribution in [1.29, 1.82) is 5.26 Å². The highest BCUT2D eigenvalue weighted by Gasteiger charge is 2.19. The third-order valence-corrected chi connectivity index (χ3v) is 6.06. The molecular weight excluding hydrogens is 440 g/mol. The molecule has 1 saturated heterocycles. The summed E-state index contributed by atoms with van der Waals surface area (Å²) in [5.74, 6) is 0.391. The van der Waals surface area contributed by atoms with Crippen LogP contribution in [0.4, 0.5) is 21.6 Å². The van der Waals surface area contributed by atoms with Crippen molar-refractivity contribution >= 4 is 34.1 Å². The average Bonchev–Trinajstić information content (AvgIpc) is 3.18. The molecule has 0 saturated carbocycles. The van der Waals surface area contributed by atoms with Gasteiger partial charge in [-0.05, 0) is 25.1 Å². The largest absolute Gasteiger partial charge is 0.375 e.